The Balaban J connectivity index is 1.64. The molecule has 2 aromatic carbocycles. The molecule has 0 saturated carbocycles. The molecule has 2 N–H and O–H groups in total. The maximum atomic E-state index is 13.5. The van der Waals surface area contributed by atoms with Crippen LogP contribution in [-0.4, -0.2) is 25.0 Å². The van der Waals surface area contributed by atoms with Gasteiger partial charge in [-0.3, -0.25) is 20.4 Å². The van der Waals surface area contributed by atoms with Gasteiger partial charge in [0.05, 0.1) is 5.69 Å². The number of nitrogens with one attached hydrogen (secondary N) is 2. The van der Waals surface area contributed by atoms with E-state index in [0.717, 1.165) is 0 Å². The molecule has 0 aliphatic carbocycles. The van der Waals surface area contributed by atoms with Gasteiger partial charge in [-0.1, -0.05) is 12.1 Å². The van der Waals surface area contributed by atoms with Gasteiger partial charge >= 0.3 is 0 Å². The van der Waals surface area contributed by atoms with Crippen molar-refractivity contribution in [1.29, 1.82) is 0 Å². The Labute approximate surface area is 154 Å². The highest BCUT2D eigenvalue weighted by atomic mass is 19.2. The number of fused-ring (bicyclic) bond motifs is 1. The van der Waals surface area contributed by atoms with Gasteiger partial charge in [-0.25, -0.2) is 22.0 Å². The van der Waals surface area contributed by atoms with Gasteiger partial charge < -0.3 is 9.64 Å². The molecule has 1 aliphatic heterocycles. The minimum atomic E-state index is -2.31. The van der Waals surface area contributed by atoms with E-state index in [4.69, 9.17) is 4.74 Å². The number of para-hydroxylation sites is 2. The van der Waals surface area contributed by atoms with E-state index in [9.17, 15) is 31.5 Å². The molecule has 0 saturated heterocycles. The lowest BCUT2D eigenvalue weighted by atomic mass is 10.2. The van der Waals surface area contributed by atoms with Gasteiger partial charge in [-0.2, -0.15) is 0 Å². The van der Waals surface area contributed by atoms with Crippen LogP contribution in [-0.2, 0) is 9.59 Å². The zero-order valence-electron chi connectivity index (χ0n) is 14.0. The minimum Gasteiger partial charge on any atom is -0.482 e. The van der Waals surface area contributed by atoms with Crippen LogP contribution in [0.25, 0.3) is 0 Å². The number of carbonyl (C=O) groups excluding carboxylic acids is 2. The number of carbonyl (C=O) groups is 2. The maximum Gasteiger partial charge on any atom is 0.265 e. The minimum absolute atomic E-state index is 0.0934. The molecular weight excluding hydrogens is 389 g/mol. The lowest BCUT2D eigenvalue weighted by Gasteiger charge is -2.29. The Bertz CT molecular complexity index is 925. The fraction of sp³-hybridized carbons (Fsp3) is 0.176. The van der Waals surface area contributed by atoms with Crippen molar-refractivity contribution in [3.63, 3.8) is 0 Å². The molecule has 0 bridgehead atoms. The van der Waals surface area contributed by atoms with E-state index in [0.29, 0.717) is 11.4 Å². The second-order valence-corrected chi connectivity index (χ2v) is 5.67. The molecule has 0 atom stereocenters. The second kappa shape index (κ2) is 7.71. The van der Waals surface area contributed by atoms with Crippen LogP contribution >= 0.6 is 0 Å². The summed E-state index contributed by atoms with van der Waals surface area (Å²) in [5, 5.41) is 0. The number of hydrazine groups is 1. The first-order valence-corrected chi connectivity index (χ1v) is 7.89. The Hall–Kier alpha value is -3.37. The van der Waals surface area contributed by atoms with Crippen LogP contribution in [0.3, 0.4) is 0 Å². The van der Waals surface area contributed by atoms with E-state index in [1.165, 1.54) is 4.90 Å². The van der Waals surface area contributed by atoms with Crippen molar-refractivity contribution in [2.24, 2.45) is 0 Å². The summed E-state index contributed by atoms with van der Waals surface area (Å²) < 4.78 is 71.6. The van der Waals surface area contributed by atoms with E-state index in [1.54, 1.807) is 29.7 Å². The molecule has 6 nitrogen and oxygen atoms in total. The number of ether oxygens (including phenoxy) is 1. The third-order valence-corrected chi connectivity index (χ3v) is 3.91. The first-order valence-electron chi connectivity index (χ1n) is 7.89. The largest absolute Gasteiger partial charge is 0.482 e. The van der Waals surface area contributed by atoms with Gasteiger partial charge in [0.15, 0.2) is 29.9 Å². The molecule has 28 heavy (non-hydrogen) atoms. The van der Waals surface area contributed by atoms with Crippen molar-refractivity contribution in [3.05, 3.63) is 53.4 Å². The van der Waals surface area contributed by atoms with Crippen LogP contribution in [0.1, 0.15) is 6.42 Å². The summed E-state index contributed by atoms with van der Waals surface area (Å²) in [6.45, 7) is -0.314. The lowest BCUT2D eigenvalue weighted by Crippen LogP contribution is -2.41. The molecule has 2 amide bonds. The van der Waals surface area contributed by atoms with Crippen molar-refractivity contribution >= 4 is 23.2 Å². The Morgan fingerprint density at radius 2 is 1.61 bits per heavy atom. The second-order valence-electron chi connectivity index (χ2n) is 5.67. The molecule has 0 aromatic heterocycles. The van der Waals surface area contributed by atoms with Gasteiger partial charge in [0.25, 0.3) is 5.91 Å². The van der Waals surface area contributed by atoms with Gasteiger partial charge in [-0.15, -0.1) is 0 Å². The molecule has 1 aliphatic rings. The quantitative estimate of drug-likeness (QED) is 0.350. The molecule has 3 rings (SSSR count). The smallest absolute Gasteiger partial charge is 0.265 e. The molecule has 2 aromatic rings. The fourth-order valence-corrected chi connectivity index (χ4v) is 2.52. The van der Waals surface area contributed by atoms with Crippen molar-refractivity contribution in [3.8, 4) is 5.75 Å². The Morgan fingerprint density at radius 1 is 1.00 bits per heavy atom. The van der Waals surface area contributed by atoms with Gasteiger partial charge in [0, 0.05) is 13.0 Å². The zero-order valence-corrected chi connectivity index (χ0v) is 14.0. The number of halogens is 5. The van der Waals surface area contributed by atoms with Crippen molar-refractivity contribution < 1.29 is 36.3 Å². The zero-order chi connectivity index (χ0) is 20.4. The third kappa shape index (κ3) is 3.55. The summed E-state index contributed by atoms with van der Waals surface area (Å²) in [6.07, 6.45) is -0.317. The summed E-state index contributed by atoms with van der Waals surface area (Å²) in [7, 11) is 0. The van der Waals surface area contributed by atoms with E-state index >= 15 is 0 Å². The first-order chi connectivity index (χ1) is 13.3. The molecule has 0 radical (unpaired) electrons. The van der Waals surface area contributed by atoms with Crippen LogP contribution in [0.2, 0.25) is 0 Å². The van der Waals surface area contributed by atoms with Crippen LogP contribution in [0.15, 0.2) is 24.3 Å². The standard InChI is InChI=1S/C17H12F5N3O3/c18-12-13(19)15(21)17(16(22)14(12)20)24-23-10(26)5-6-25-8-3-1-2-4-9(8)28-7-11(25)27/h1-4,24H,5-7H2,(H,23,26). The highest BCUT2D eigenvalue weighted by Crippen LogP contribution is 2.31. The summed E-state index contributed by atoms with van der Waals surface area (Å²) >= 11 is 0. The molecule has 0 fully saturated rings. The van der Waals surface area contributed by atoms with Gasteiger partial charge in [0.2, 0.25) is 11.7 Å². The maximum absolute atomic E-state index is 13.5. The summed E-state index contributed by atoms with van der Waals surface area (Å²) in [4.78, 5) is 25.2. The number of anilines is 2. The van der Waals surface area contributed by atoms with Gasteiger partial charge in [-0.05, 0) is 12.1 Å². The number of amides is 2. The van der Waals surface area contributed by atoms with E-state index in [2.05, 4.69) is 0 Å². The highest BCUT2D eigenvalue weighted by molar-refractivity contribution is 5.98. The van der Waals surface area contributed by atoms with Crippen LogP contribution in [0, 0.1) is 29.1 Å². The normalized spacial score (nSPS) is 13.0. The third-order valence-electron chi connectivity index (χ3n) is 3.91. The van der Waals surface area contributed by atoms with E-state index in [1.807, 2.05) is 5.43 Å². The predicted octanol–water partition coefficient (Wildman–Crippen LogP) is 2.64. The van der Waals surface area contributed by atoms with Crippen molar-refractivity contribution in [2.75, 3.05) is 23.5 Å². The number of hydrogen-bond donors (Lipinski definition) is 2. The van der Waals surface area contributed by atoms with Crippen LogP contribution < -0.4 is 20.5 Å². The summed E-state index contributed by atoms with van der Waals surface area (Å²) in [6, 6.07) is 6.61. The number of hydrogen-bond acceptors (Lipinski definition) is 4. The monoisotopic (exact) mass is 401 g/mol. The number of rotatable bonds is 5. The van der Waals surface area contributed by atoms with E-state index in [-0.39, 0.29) is 19.6 Å². The molecule has 148 valence electrons. The van der Waals surface area contributed by atoms with Crippen LogP contribution in [0.4, 0.5) is 33.3 Å². The average Bonchev–Trinajstić information content (AvgIpc) is 2.70. The van der Waals surface area contributed by atoms with E-state index < -0.39 is 46.6 Å². The average molecular weight is 401 g/mol. The van der Waals surface area contributed by atoms with Crippen LogP contribution in [0.5, 0.6) is 5.75 Å². The summed E-state index contributed by atoms with van der Waals surface area (Å²) in [5.41, 5.74) is 2.58. The summed E-state index contributed by atoms with van der Waals surface area (Å²) in [5.74, 6) is -11.6. The van der Waals surface area contributed by atoms with Crippen molar-refractivity contribution in [1.82, 2.24) is 5.43 Å². The molecule has 0 unspecified atom stereocenters. The highest BCUT2D eigenvalue weighted by Gasteiger charge is 2.27. The molecule has 1 heterocycles. The predicted molar refractivity (Wildman–Crippen MR) is 86.9 cm³/mol. The lowest BCUT2D eigenvalue weighted by molar-refractivity contribution is -0.122. The fourth-order valence-electron chi connectivity index (χ4n) is 2.52. The SMILES string of the molecule is O=C(CCN1C(=O)COc2ccccc21)NNc1c(F)c(F)c(F)c(F)c1F. The van der Waals surface area contributed by atoms with Gasteiger partial charge in [0.1, 0.15) is 11.4 Å². The first kappa shape index (κ1) is 19.4. The number of benzene rings is 2. The Morgan fingerprint density at radius 3 is 2.29 bits per heavy atom. The Kier molecular flexibility index (Phi) is 5.34. The molecule has 0 spiro atoms. The van der Waals surface area contributed by atoms with Crippen molar-refractivity contribution in [2.45, 2.75) is 6.42 Å². The number of nitrogens with zero attached hydrogens (tertiary/aromatic N) is 1. The molecular formula is C17H12F5N3O3. The topological polar surface area (TPSA) is 70.7 Å². The molecule has 11 heteroatoms.